The molecule has 1 aromatic carbocycles. The second-order valence-electron chi connectivity index (χ2n) is 7.78. The summed E-state index contributed by atoms with van der Waals surface area (Å²) in [5.41, 5.74) is 1.50. The molecule has 0 fully saturated rings. The predicted octanol–water partition coefficient (Wildman–Crippen LogP) is 5.30. The average molecular weight is 479 g/mol. The number of halogens is 1. The monoisotopic (exact) mass is 478 g/mol. The Kier molecular flexibility index (Phi) is 6.98. The third-order valence-electron chi connectivity index (χ3n) is 3.85. The lowest BCUT2D eigenvalue weighted by Crippen LogP contribution is -2.23. The normalized spacial score (nSPS) is 12.3. The molecule has 1 atom stereocenters. The van der Waals surface area contributed by atoms with Gasteiger partial charge in [-0.25, -0.2) is 14.2 Å². The van der Waals surface area contributed by atoms with Gasteiger partial charge < -0.3 is 14.8 Å². The predicted molar refractivity (Wildman–Crippen MR) is 128 cm³/mol. The zero-order valence-corrected chi connectivity index (χ0v) is 20.2. The minimum Gasteiger partial charge on any atom is -0.485 e. The summed E-state index contributed by atoms with van der Waals surface area (Å²) in [4.78, 5) is 23.0. The summed E-state index contributed by atoms with van der Waals surface area (Å²) in [6, 6.07) is 6.70. The Balaban J connectivity index is 1.78. The van der Waals surface area contributed by atoms with E-state index >= 15 is 0 Å². The molecule has 31 heavy (non-hydrogen) atoms. The highest BCUT2D eigenvalue weighted by Gasteiger charge is 2.17. The number of hydrogen-bond acceptors (Lipinski definition) is 6. The van der Waals surface area contributed by atoms with Gasteiger partial charge in [-0.05, 0) is 52.0 Å². The van der Waals surface area contributed by atoms with Gasteiger partial charge >= 0.3 is 0 Å². The van der Waals surface area contributed by atoms with E-state index < -0.39 is 11.0 Å². The van der Waals surface area contributed by atoms with Gasteiger partial charge in [0.2, 0.25) is 0 Å². The molecule has 10 heteroatoms. The van der Waals surface area contributed by atoms with Crippen molar-refractivity contribution in [1.29, 1.82) is 0 Å². The van der Waals surface area contributed by atoms with Crippen molar-refractivity contribution in [3.63, 3.8) is 0 Å². The molecule has 0 aliphatic rings. The van der Waals surface area contributed by atoms with Crippen molar-refractivity contribution in [3.8, 4) is 17.1 Å². The van der Waals surface area contributed by atoms with E-state index in [0.29, 0.717) is 32.8 Å². The van der Waals surface area contributed by atoms with Gasteiger partial charge in [-0.1, -0.05) is 11.6 Å². The molecule has 3 aromatic rings. The van der Waals surface area contributed by atoms with E-state index in [9.17, 15) is 9.00 Å². The molecule has 7 nitrogen and oxygen atoms in total. The van der Waals surface area contributed by atoms with Crippen molar-refractivity contribution in [2.75, 3.05) is 16.3 Å². The Morgan fingerprint density at radius 2 is 1.77 bits per heavy atom. The highest BCUT2D eigenvalue weighted by atomic mass is 35.5. The first-order valence-corrected chi connectivity index (χ1v) is 12.1. The topological polar surface area (TPSA) is 93.2 Å². The molecular formula is C21H23ClN4O3S2. The van der Waals surface area contributed by atoms with E-state index in [-0.39, 0.29) is 11.5 Å². The fraction of sp³-hybridized carbons (Fsp3) is 0.286. The van der Waals surface area contributed by atoms with Crippen LogP contribution in [-0.2, 0) is 11.0 Å². The molecular weight excluding hydrogens is 456 g/mol. The van der Waals surface area contributed by atoms with Crippen LogP contribution in [0.5, 0.6) is 5.75 Å². The molecule has 0 aliphatic carbocycles. The summed E-state index contributed by atoms with van der Waals surface area (Å²) in [5.74, 6) is 0.826. The van der Waals surface area contributed by atoms with E-state index in [2.05, 4.69) is 20.0 Å². The third-order valence-corrected chi connectivity index (χ3v) is 5.64. The van der Waals surface area contributed by atoms with Crippen molar-refractivity contribution in [2.45, 2.75) is 33.3 Å². The summed E-state index contributed by atoms with van der Waals surface area (Å²) in [6.07, 6.45) is 4.77. The quantitative estimate of drug-likeness (QED) is 0.501. The van der Waals surface area contributed by atoms with Crippen molar-refractivity contribution in [1.82, 2.24) is 9.97 Å². The van der Waals surface area contributed by atoms with Crippen LogP contribution in [0.25, 0.3) is 11.4 Å². The first-order valence-electron chi connectivity index (χ1n) is 9.34. The molecule has 164 valence electrons. The molecule has 0 radical (unpaired) electrons. The number of nitrogens with zero attached hydrogens (tertiary/aromatic N) is 2. The third kappa shape index (κ3) is 6.49. The average Bonchev–Trinajstić information content (AvgIpc) is 3.02. The van der Waals surface area contributed by atoms with Gasteiger partial charge in [0.15, 0.2) is 11.6 Å². The molecule has 1 amide bonds. The highest BCUT2D eigenvalue weighted by molar-refractivity contribution is 7.85. The lowest BCUT2D eigenvalue weighted by molar-refractivity contribution is 0.103. The number of carbonyl (C=O) groups is 1. The summed E-state index contributed by atoms with van der Waals surface area (Å²) in [6.45, 7) is 7.78. The molecule has 0 saturated heterocycles. The minimum atomic E-state index is -1.25. The number of amides is 1. The molecule has 1 unspecified atom stereocenters. The van der Waals surface area contributed by atoms with Crippen molar-refractivity contribution < 1.29 is 13.7 Å². The van der Waals surface area contributed by atoms with Gasteiger partial charge in [-0.3, -0.25) is 4.79 Å². The van der Waals surface area contributed by atoms with Crippen LogP contribution in [0.2, 0.25) is 5.02 Å². The van der Waals surface area contributed by atoms with Crippen LogP contribution in [0.1, 0.15) is 35.3 Å². The number of hydrogen-bond donors (Lipinski definition) is 2. The maximum atomic E-state index is 12.8. The van der Waals surface area contributed by atoms with Gasteiger partial charge in [-0.15, -0.1) is 11.3 Å². The van der Waals surface area contributed by atoms with Crippen LogP contribution in [0.4, 0.5) is 11.4 Å². The maximum Gasteiger partial charge on any atom is 0.265 e. The standard InChI is InChI=1S/C21H23ClN4O3S2/c1-12-17(19-23-10-16(11-24-19)29-21(2,3)4)9-18(30-12)20(27)25-14-6-13(22)7-15(8-14)26-31(5)28/h6-11,26H,1-5H3,(H,25,27). The van der Waals surface area contributed by atoms with Crippen LogP contribution >= 0.6 is 22.9 Å². The Labute approximate surface area is 192 Å². The summed E-state index contributed by atoms with van der Waals surface area (Å²) < 4.78 is 19.9. The summed E-state index contributed by atoms with van der Waals surface area (Å²) in [5, 5.41) is 3.24. The molecule has 2 aromatic heterocycles. The first-order chi connectivity index (χ1) is 14.5. The van der Waals surface area contributed by atoms with E-state index in [1.54, 1.807) is 36.7 Å². The van der Waals surface area contributed by atoms with Crippen LogP contribution in [-0.4, -0.2) is 31.9 Å². The fourth-order valence-corrected chi connectivity index (χ4v) is 4.35. The molecule has 2 heterocycles. The van der Waals surface area contributed by atoms with Crippen LogP contribution in [0.15, 0.2) is 36.7 Å². The Hall–Kier alpha value is -2.49. The molecule has 0 aliphatic heterocycles. The van der Waals surface area contributed by atoms with Crippen LogP contribution < -0.4 is 14.8 Å². The fourth-order valence-electron chi connectivity index (χ4n) is 2.76. The van der Waals surface area contributed by atoms with Crippen molar-refractivity contribution >= 4 is 51.2 Å². The number of aromatic nitrogens is 2. The lowest BCUT2D eigenvalue weighted by Gasteiger charge is -2.20. The summed E-state index contributed by atoms with van der Waals surface area (Å²) in [7, 11) is -1.25. The molecule has 2 N–H and O–H groups in total. The summed E-state index contributed by atoms with van der Waals surface area (Å²) >= 11 is 7.46. The van der Waals surface area contributed by atoms with Gasteiger partial charge in [0.05, 0.1) is 17.3 Å². The van der Waals surface area contributed by atoms with Gasteiger partial charge in [0.1, 0.15) is 16.6 Å². The number of carbonyl (C=O) groups excluding carboxylic acids is 1. The number of anilines is 2. The lowest BCUT2D eigenvalue weighted by atomic mass is 10.2. The highest BCUT2D eigenvalue weighted by Crippen LogP contribution is 2.31. The van der Waals surface area contributed by atoms with Crippen molar-refractivity contribution in [3.05, 3.63) is 51.4 Å². The van der Waals surface area contributed by atoms with E-state index in [4.69, 9.17) is 16.3 Å². The number of aryl methyl sites for hydroxylation is 1. The zero-order valence-electron chi connectivity index (χ0n) is 17.8. The van der Waals surface area contributed by atoms with E-state index in [0.717, 1.165) is 10.4 Å². The Morgan fingerprint density at radius 3 is 2.39 bits per heavy atom. The second kappa shape index (κ2) is 9.33. The van der Waals surface area contributed by atoms with Crippen LogP contribution in [0, 0.1) is 6.92 Å². The molecule has 3 rings (SSSR count). The van der Waals surface area contributed by atoms with Gasteiger partial charge in [0.25, 0.3) is 5.91 Å². The largest absolute Gasteiger partial charge is 0.485 e. The molecule has 0 spiro atoms. The first kappa shape index (κ1) is 23.2. The second-order valence-corrected chi connectivity index (χ2v) is 10.6. The molecule has 0 bridgehead atoms. The number of rotatable bonds is 6. The van der Waals surface area contributed by atoms with E-state index in [1.807, 2.05) is 27.7 Å². The Morgan fingerprint density at radius 1 is 1.13 bits per heavy atom. The number of benzene rings is 1. The molecule has 0 saturated carbocycles. The maximum absolute atomic E-state index is 12.8. The van der Waals surface area contributed by atoms with Crippen molar-refractivity contribution in [2.24, 2.45) is 0 Å². The van der Waals surface area contributed by atoms with E-state index in [1.165, 1.54) is 17.6 Å². The minimum absolute atomic E-state index is 0.280. The van der Waals surface area contributed by atoms with Crippen LogP contribution in [0.3, 0.4) is 0 Å². The SMILES string of the molecule is Cc1sc(C(=O)Nc2cc(Cl)cc(NS(C)=O)c2)cc1-c1ncc(OC(C)(C)C)cn1. The number of ether oxygens (including phenoxy) is 1. The Bertz CT molecular complexity index is 1120. The van der Waals surface area contributed by atoms with Gasteiger partial charge in [0, 0.05) is 33.1 Å². The van der Waals surface area contributed by atoms with Gasteiger partial charge in [-0.2, -0.15) is 0 Å². The smallest absolute Gasteiger partial charge is 0.265 e. The number of nitrogens with one attached hydrogen (secondary N) is 2. The zero-order chi connectivity index (χ0) is 22.8. The number of thiophene rings is 1.